The molecule has 24 heavy (non-hydrogen) atoms. The van der Waals surface area contributed by atoms with Crippen LogP contribution in [0, 0.1) is 0 Å². The zero-order valence-corrected chi connectivity index (χ0v) is 12.3. The Kier molecular flexibility index (Phi) is 4.77. The lowest BCUT2D eigenvalue weighted by Crippen LogP contribution is -2.14. The standard InChI is InChI=1S/C16H12F3NO4/c1-24-15(23)11-6-3-7-12(13(11)21)20-14(22)9-4-2-5-10(8-9)16(17,18)19/h2-8,21H,1H3,(H,20,22). The molecule has 2 N–H and O–H groups in total. The van der Waals surface area contributed by atoms with Crippen molar-refractivity contribution in [3.05, 3.63) is 59.2 Å². The first kappa shape index (κ1) is 17.3. The Morgan fingerprint density at radius 1 is 1.12 bits per heavy atom. The Hall–Kier alpha value is -3.03. The van der Waals surface area contributed by atoms with E-state index in [4.69, 9.17) is 0 Å². The van der Waals surface area contributed by atoms with Crippen molar-refractivity contribution in [3.63, 3.8) is 0 Å². The summed E-state index contributed by atoms with van der Waals surface area (Å²) in [5.41, 5.74) is -1.52. The molecule has 0 fully saturated rings. The highest BCUT2D eigenvalue weighted by atomic mass is 19.4. The van der Waals surface area contributed by atoms with Crippen LogP contribution in [0.1, 0.15) is 26.3 Å². The van der Waals surface area contributed by atoms with Gasteiger partial charge in [-0.15, -0.1) is 0 Å². The molecule has 0 aliphatic carbocycles. The van der Waals surface area contributed by atoms with Crippen molar-refractivity contribution < 1.29 is 32.6 Å². The predicted octanol–water partition coefficient (Wildman–Crippen LogP) is 3.45. The van der Waals surface area contributed by atoms with E-state index >= 15 is 0 Å². The number of anilines is 1. The van der Waals surface area contributed by atoms with Crippen LogP contribution in [0.2, 0.25) is 0 Å². The summed E-state index contributed by atoms with van der Waals surface area (Å²) in [6.45, 7) is 0. The van der Waals surface area contributed by atoms with Crippen molar-refractivity contribution in [3.8, 4) is 5.75 Å². The summed E-state index contributed by atoms with van der Waals surface area (Å²) in [5.74, 6) is -2.22. The first-order valence-electron chi connectivity index (χ1n) is 6.63. The van der Waals surface area contributed by atoms with Gasteiger partial charge in [0.2, 0.25) is 0 Å². The van der Waals surface area contributed by atoms with E-state index in [-0.39, 0.29) is 16.8 Å². The molecular formula is C16H12F3NO4. The number of benzene rings is 2. The van der Waals surface area contributed by atoms with Crippen LogP contribution in [0.25, 0.3) is 0 Å². The number of hydrogen-bond acceptors (Lipinski definition) is 4. The smallest absolute Gasteiger partial charge is 0.416 e. The number of methoxy groups -OCH3 is 1. The highest BCUT2D eigenvalue weighted by Gasteiger charge is 2.31. The molecule has 5 nitrogen and oxygen atoms in total. The zero-order valence-electron chi connectivity index (χ0n) is 12.3. The van der Waals surface area contributed by atoms with Gasteiger partial charge in [0, 0.05) is 5.56 Å². The number of phenols is 1. The van der Waals surface area contributed by atoms with Gasteiger partial charge in [-0.05, 0) is 30.3 Å². The molecule has 2 aromatic rings. The summed E-state index contributed by atoms with van der Waals surface area (Å²) in [5, 5.41) is 12.2. The Morgan fingerprint density at radius 3 is 2.42 bits per heavy atom. The van der Waals surface area contributed by atoms with Gasteiger partial charge in [0.1, 0.15) is 5.56 Å². The van der Waals surface area contributed by atoms with Gasteiger partial charge in [-0.3, -0.25) is 4.79 Å². The average molecular weight is 339 g/mol. The van der Waals surface area contributed by atoms with Gasteiger partial charge < -0.3 is 15.2 Å². The number of halogens is 3. The van der Waals surface area contributed by atoms with Crippen LogP contribution in [0.4, 0.5) is 18.9 Å². The van der Waals surface area contributed by atoms with Gasteiger partial charge >= 0.3 is 12.1 Å². The lowest BCUT2D eigenvalue weighted by atomic mass is 10.1. The quantitative estimate of drug-likeness (QED) is 0.663. The highest BCUT2D eigenvalue weighted by molar-refractivity contribution is 6.06. The van der Waals surface area contributed by atoms with Gasteiger partial charge in [-0.2, -0.15) is 13.2 Å². The third kappa shape index (κ3) is 3.65. The molecule has 0 saturated carbocycles. The van der Waals surface area contributed by atoms with Crippen LogP contribution >= 0.6 is 0 Å². The van der Waals surface area contributed by atoms with Crippen molar-refractivity contribution in [1.29, 1.82) is 0 Å². The number of alkyl halides is 3. The fraction of sp³-hybridized carbons (Fsp3) is 0.125. The Bertz CT molecular complexity index is 787. The van der Waals surface area contributed by atoms with E-state index in [1.54, 1.807) is 0 Å². The molecule has 0 heterocycles. The summed E-state index contributed by atoms with van der Waals surface area (Å²) in [6, 6.07) is 7.79. The Labute approximate surface area is 134 Å². The number of aromatic hydroxyl groups is 1. The highest BCUT2D eigenvalue weighted by Crippen LogP contribution is 2.31. The number of rotatable bonds is 3. The van der Waals surface area contributed by atoms with Crippen LogP contribution in [-0.2, 0) is 10.9 Å². The maximum atomic E-state index is 12.7. The average Bonchev–Trinajstić information content (AvgIpc) is 2.55. The third-order valence-corrected chi connectivity index (χ3v) is 3.14. The van der Waals surface area contributed by atoms with Crippen LogP contribution in [0.5, 0.6) is 5.75 Å². The van der Waals surface area contributed by atoms with Gasteiger partial charge in [0.15, 0.2) is 5.75 Å². The number of esters is 1. The van der Waals surface area contributed by atoms with Crippen molar-refractivity contribution in [1.82, 2.24) is 0 Å². The topological polar surface area (TPSA) is 75.6 Å². The fourth-order valence-electron chi connectivity index (χ4n) is 1.95. The number of carbonyl (C=O) groups is 2. The fourth-order valence-corrected chi connectivity index (χ4v) is 1.95. The van der Waals surface area contributed by atoms with E-state index in [9.17, 15) is 27.9 Å². The molecule has 0 radical (unpaired) electrons. The third-order valence-electron chi connectivity index (χ3n) is 3.14. The molecule has 0 atom stereocenters. The predicted molar refractivity (Wildman–Crippen MR) is 78.8 cm³/mol. The number of hydrogen-bond donors (Lipinski definition) is 2. The molecule has 0 aromatic heterocycles. The maximum absolute atomic E-state index is 12.7. The molecule has 2 aromatic carbocycles. The van der Waals surface area contributed by atoms with E-state index in [0.29, 0.717) is 6.07 Å². The lowest BCUT2D eigenvalue weighted by Gasteiger charge is -2.11. The molecule has 2 rings (SSSR count). The molecule has 0 unspecified atom stereocenters. The Morgan fingerprint density at radius 2 is 1.79 bits per heavy atom. The Balaban J connectivity index is 2.29. The van der Waals surface area contributed by atoms with Gasteiger partial charge in [-0.1, -0.05) is 12.1 Å². The van der Waals surface area contributed by atoms with Gasteiger partial charge in [0.05, 0.1) is 18.4 Å². The van der Waals surface area contributed by atoms with Crippen LogP contribution in [-0.4, -0.2) is 24.1 Å². The first-order valence-corrected chi connectivity index (χ1v) is 6.63. The van der Waals surface area contributed by atoms with E-state index in [2.05, 4.69) is 10.1 Å². The molecule has 0 bridgehead atoms. The van der Waals surface area contributed by atoms with E-state index < -0.39 is 29.4 Å². The van der Waals surface area contributed by atoms with E-state index in [0.717, 1.165) is 19.2 Å². The minimum Gasteiger partial charge on any atom is -0.505 e. The normalized spacial score (nSPS) is 11.0. The van der Waals surface area contributed by atoms with Crippen LogP contribution in [0.3, 0.4) is 0 Å². The SMILES string of the molecule is COC(=O)c1cccc(NC(=O)c2cccc(C(F)(F)F)c2)c1O. The summed E-state index contributed by atoms with van der Waals surface area (Å²) in [7, 11) is 1.12. The second-order valence-corrected chi connectivity index (χ2v) is 4.73. The first-order chi connectivity index (χ1) is 11.2. The van der Waals surface area contributed by atoms with E-state index in [1.807, 2.05) is 0 Å². The van der Waals surface area contributed by atoms with Crippen molar-refractivity contribution in [2.45, 2.75) is 6.18 Å². The number of phenolic OH excluding ortho intramolecular Hbond substituents is 1. The number of nitrogens with one attached hydrogen (secondary N) is 1. The molecular weight excluding hydrogens is 327 g/mol. The van der Waals surface area contributed by atoms with Crippen molar-refractivity contribution in [2.24, 2.45) is 0 Å². The van der Waals surface area contributed by atoms with E-state index in [1.165, 1.54) is 24.3 Å². The van der Waals surface area contributed by atoms with Crippen LogP contribution in [0.15, 0.2) is 42.5 Å². The molecule has 0 aliphatic rings. The lowest BCUT2D eigenvalue weighted by molar-refractivity contribution is -0.137. The molecule has 8 heteroatoms. The summed E-state index contributed by atoms with van der Waals surface area (Å²) >= 11 is 0. The van der Waals surface area contributed by atoms with Gasteiger partial charge in [0.25, 0.3) is 5.91 Å². The second-order valence-electron chi connectivity index (χ2n) is 4.73. The number of carbonyl (C=O) groups excluding carboxylic acids is 2. The minimum atomic E-state index is -4.58. The zero-order chi connectivity index (χ0) is 17.9. The molecule has 126 valence electrons. The molecule has 1 amide bonds. The second kappa shape index (κ2) is 6.61. The van der Waals surface area contributed by atoms with Gasteiger partial charge in [-0.25, -0.2) is 4.79 Å². The van der Waals surface area contributed by atoms with Crippen molar-refractivity contribution >= 4 is 17.6 Å². The maximum Gasteiger partial charge on any atom is 0.416 e. The number of para-hydroxylation sites is 1. The summed E-state index contributed by atoms with van der Waals surface area (Å²) in [6.07, 6.45) is -4.58. The monoisotopic (exact) mass is 339 g/mol. The molecule has 0 spiro atoms. The number of amides is 1. The largest absolute Gasteiger partial charge is 0.505 e. The van der Waals surface area contributed by atoms with Crippen molar-refractivity contribution in [2.75, 3.05) is 12.4 Å². The minimum absolute atomic E-state index is 0.125. The summed E-state index contributed by atoms with van der Waals surface area (Å²) < 4.78 is 42.5. The number of ether oxygens (including phenoxy) is 1. The summed E-state index contributed by atoms with van der Waals surface area (Å²) in [4.78, 5) is 23.6. The van der Waals surface area contributed by atoms with Crippen LogP contribution < -0.4 is 5.32 Å². The molecule has 0 aliphatic heterocycles. The molecule has 0 saturated heterocycles.